The highest BCUT2D eigenvalue weighted by molar-refractivity contribution is 5.23. The number of allylic oxidation sites excluding steroid dienone is 3. The second-order valence-corrected chi connectivity index (χ2v) is 2.46. The van der Waals surface area contributed by atoms with Crippen LogP contribution in [-0.2, 0) is 4.74 Å². The third-order valence-corrected chi connectivity index (χ3v) is 0.979. The fourth-order valence-corrected chi connectivity index (χ4v) is 0.564. The van der Waals surface area contributed by atoms with E-state index in [0.29, 0.717) is 12.5 Å². The highest BCUT2D eigenvalue weighted by Gasteiger charge is 2.24. The lowest BCUT2D eigenvalue weighted by atomic mass is 10.2. The van der Waals surface area contributed by atoms with Crippen molar-refractivity contribution in [1.29, 1.82) is 0 Å². The van der Waals surface area contributed by atoms with Crippen LogP contribution in [-0.4, -0.2) is 6.11 Å². The van der Waals surface area contributed by atoms with E-state index in [1.54, 1.807) is 6.92 Å². The minimum Gasteiger partial charge on any atom is -0.433 e. The first kappa shape index (κ1) is 10.9. The molecule has 1 nitrogen and oxygen atoms in total. The van der Waals surface area contributed by atoms with Crippen LogP contribution < -0.4 is 0 Å². The molecule has 0 rings (SSSR count). The second kappa shape index (κ2) is 4.04. The molecule has 0 aliphatic rings. The molecule has 0 aliphatic heterocycles. The van der Waals surface area contributed by atoms with E-state index in [-0.39, 0.29) is 5.76 Å². The van der Waals surface area contributed by atoms with Gasteiger partial charge < -0.3 is 4.74 Å². The molecule has 12 heavy (non-hydrogen) atoms. The lowest BCUT2D eigenvalue weighted by Crippen LogP contribution is -2.15. The fraction of sp³-hybridized carbons (Fsp3) is 0.333. The van der Waals surface area contributed by atoms with Gasteiger partial charge in [-0.1, -0.05) is 19.2 Å². The molecule has 68 valence electrons. The maximum Gasteiger partial charge on any atom is 0.394 e. The van der Waals surface area contributed by atoms with Crippen molar-refractivity contribution in [3.63, 3.8) is 0 Å². The van der Waals surface area contributed by atoms with Gasteiger partial charge in [0.1, 0.15) is 5.76 Å². The standard InChI is InChI=1S/C9H12F2O/c1-5-6-8(7(2)3)12-9(4,10)11/h5-6H,1-2H2,3-4H3/b8-6+. The van der Waals surface area contributed by atoms with Gasteiger partial charge in [-0.05, 0) is 18.6 Å². The van der Waals surface area contributed by atoms with Gasteiger partial charge in [0, 0.05) is 6.92 Å². The van der Waals surface area contributed by atoms with E-state index >= 15 is 0 Å². The Morgan fingerprint density at radius 1 is 1.50 bits per heavy atom. The Morgan fingerprint density at radius 2 is 2.00 bits per heavy atom. The van der Waals surface area contributed by atoms with Crippen molar-refractivity contribution < 1.29 is 13.5 Å². The Labute approximate surface area is 71.0 Å². The molecule has 0 aliphatic carbocycles. The average Bonchev–Trinajstić information content (AvgIpc) is 1.83. The van der Waals surface area contributed by atoms with Gasteiger partial charge in [0.25, 0.3) is 0 Å². The summed E-state index contributed by atoms with van der Waals surface area (Å²) in [7, 11) is 0. The van der Waals surface area contributed by atoms with Gasteiger partial charge in [0.2, 0.25) is 0 Å². The van der Waals surface area contributed by atoms with Crippen molar-refractivity contribution in [3.8, 4) is 0 Å². The van der Waals surface area contributed by atoms with E-state index in [0.717, 1.165) is 0 Å². The Kier molecular flexibility index (Phi) is 3.67. The molecule has 0 unspecified atom stereocenters. The minimum absolute atomic E-state index is 0.0532. The van der Waals surface area contributed by atoms with Crippen LogP contribution in [0.2, 0.25) is 0 Å². The summed E-state index contributed by atoms with van der Waals surface area (Å²) in [6.45, 7) is 9.11. The Balaban J connectivity index is 4.46. The van der Waals surface area contributed by atoms with Gasteiger partial charge in [-0.2, -0.15) is 8.78 Å². The van der Waals surface area contributed by atoms with E-state index in [9.17, 15) is 8.78 Å². The topological polar surface area (TPSA) is 9.23 Å². The van der Waals surface area contributed by atoms with Crippen molar-refractivity contribution in [3.05, 3.63) is 36.6 Å². The van der Waals surface area contributed by atoms with Crippen LogP contribution in [0.1, 0.15) is 13.8 Å². The summed E-state index contributed by atoms with van der Waals surface area (Å²) in [5.74, 6) is 0.0532. The minimum atomic E-state index is -3.17. The number of hydrogen-bond acceptors (Lipinski definition) is 1. The summed E-state index contributed by atoms with van der Waals surface area (Å²) in [5.41, 5.74) is 0.441. The van der Waals surface area contributed by atoms with Gasteiger partial charge in [0.15, 0.2) is 0 Å². The fourth-order valence-electron chi connectivity index (χ4n) is 0.564. The third kappa shape index (κ3) is 4.66. The second-order valence-electron chi connectivity index (χ2n) is 2.46. The Bertz CT molecular complexity index is 211. The Hall–Kier alpha value is -1.12. The maximum absolute atomic E-state index is 12.3. The van der Waals surface area contributed by atoms with Gasteiger partial charge >= 0.3 is 6.11 Å². The summed E-state index contributed by atoms with van der Waals surface area (Å²) >= 11 is 0. The lowest BCUT2D eigenvalue weighted by molar-refractivity contribution is -0.196. The van der Waals surface area contributed by atoms with E-state index in [2.05, 4.69) is 17.9 Å². The third-order valence-electron chi connectivity index (χ3n) is 0.979. The Morgan fingerprint density at radius 3 is 2.25 bits per heavy atom. The van der Waals surface area contributed by atoms with Crippen molar-refractivity contribution >= 4 is 0 Å². The molecule has 0 atom stereocenters. The number of ether oxygens (including phenoxy) is 1. The van der Waals surface area contributed by atoms with Crippen molar-refractivity contribution in [2.24, 2.45) is 0 Å². The first-order chi connectivity index (χ1) is 5.37. The maximum atomic E-state index is 12.3. The molecule has 0 aromatic heterocycles. The van der Waals surface area contributed by atoms with Gasteiger partial charge in [-0.15, -0.1) is 0 Å². The SMILES string of the molecule is C=C/C=C(/OC(C)(F)F)C(=C)C. The van der Waals surface area contributed by atoms with Crippen LogP contribution in [0.15, 0.2) is 36.6 Å². The number of alkyl halides is 2. The largest absolute Gasteiger partial charge is 0.433 e. The van der Waals surface area contributed by atoms with Crippen molar-refractivity contribution in [1.82, 2.24) is 0 Å². The number of rotatable bonds is 4. The van der Waals surface area contributed by atoms with Crippen LogP contribution in [0, 0.1) is 0 Å². The summed E-state index contributed by atoms with van der Waals surface area (Å²) in [4.78, 5) is 0. The molecule has 0 bridgehead atoms. The first-order valence-electron chi connectivity index (χ1n) is 3.42. The van der Waals surface area contributed by atoms with Crippen LogP contribution >= 0.6 is 0 Å². The predicted octanol–water partition coefficient (Wildman–Crippen LogP) is 3.26. The van der Waals surface area contributed by atoms with Crippen LogP contribution in [0.25, 0.3) is 0 Å². The molecule has 0 N–H and O–H groups in total. The van der Waals surface area contributed by atoms with Gasteiger partial charge in [-0.25, -0.2) is 0 Å². The monoisotopic (exact) mass is 174 g/mol. The molecule has 0 heterocycles. The predicted molar refractivity (Wildman–Crippen MR) is 44.8 cm³/mol. The van der Waals surface area contributed by atoms with Crippen molar-refractivity contribution in [2.45, 2.75) is 20.0 Å². The quantitative estimate of drug-likeness (QED) is 0.469. The molecule has 0 aromatic rings. The summed E-state index contributed by atoms with van der Waals surface area (Å²) in [6, 6.07) is 0. The molecular formula is C9H12F2O. The molecule has 0 saturated carbocycles. The number of hydrogen-bond donors (Lipinski definition) is 0. The zero-order chi connectivity index (χ0) is 9.78. The van der Waals surface area contributed by atoms with Crippen LogP contribution in [0.4, 0.5) is 8.78 Å². The molecule has 0 spiro atoms. The normalized spacial score (nSPS) is 12.5. The molecule has 0 radical (unpaired) electrons. The molecule has 0 aromatic carbocycles. The lowest BCUT2D eigenvalue weighted by Gasteiger charge is -2.15. The summed E-state index contributed by atoms with van der Waals surface area (Å²) < 4.78 is 28.9. The smallest absolute Gasteiger partial charge is 0.394 e. The highest BCUT2D eigenvalue weighted by Crippen LogP contribution is 2.21. The first-order valence-corrected chi connectivity index (χ1v) is 3.42. The van der Waals surface area contributed by atoms with Gasteiger partial charge in [0.05, 0.1) is 0 Å². The molecule has 0 saturated heterocycles. The zero-order valence-corrected chi connectivity index (χ0v) is 7.23. The molecule has 0 amide bonds. The van der Waals surface area contributed by atoms with E-state index in [1.165, 1.54) is 12.2 Å². The summed E-state index contributed by atoms with van der Waals surface area (Å²) in [5, 5.41) is 0. The summed E-state index contributed by atoms with van der Waals surface area (Å²) in [6.07, 6.45) is -0.455. The van der Waals surface area contributed by atoms with Crippen LogP contribution in [0.3, 0.4) is 0 Å². The molecule has 0 fully saturated rings. The highest BCUT2D eigenvalue weighted by atomic mass is 19.3. The van der Waals surface area contributed by atoms with Gasteiger partial charge in [-0.3, -0.25) is 0 Å². The molecule has 3 heteroatoms. The zero-order valence-electron chi connectivity index (χ0n) is 7.23. The number of halogens is 2. The van der Waals surface area contributed by atoms with E-state index < -0.39 is 6.11 Å². The van der Waals surface area contributed by atoms with Crippen molar-refractivity contribution in [2.75, 3.05) is 0 Å². The van der Waals surface area contributed by atoms with E-state index in [4.69, 9.17) is 0 Å². The average molecular weight is 174 g/mol. The van der Waals surface area contributed by atoms with E-state index in [1.807, 2.05) is 0 Å². The molecular weight excluding hydrogens is 162 g/mol. The van der Waals surface area contributed by atoms with Crippen LogP contribution in [0.5, 0.6) is 0 Å².